The van der Waals surface area contributed by atoms with Gasteiger partial charge in [-0.15, -0.1) is 0 Å². The molecule has 0 spiro atoms. The molecule has 0 atom stereocenters. The number of hydrogen-bond donors (Lipinski definition) is 0. The predicted molar refractivity (Wildman–Crippen MR) is 21.3 cm³/mol. The summed E-state index contributed by atoms with van der Waals surface area (Å²) in [5.41, 5.74) is 0. The van der Waals surface area contributed by atoms with Crippen molar-refractivity contribution in [1.29, 1.82) is 0 Å². The largest absolute Gasteiger partial charge is 0 e. The van der Waals surface area contributed by atoms with E-state index in [0.29, 0.717) is 0 Å². The van der Waals surface area contributed by atoms with Crippen LogP contribution in [0.5, 0.6) is 0 Å². The third-order valence-corrected chi connectivity index (χ3v) is 0. The average Bonchev–Trinajstić information content (AvgIpc) is 0. The van der Waals surface area contributed by atoms with Crippen molar-refractivity contribution in [3.8, 4) is 0 Å². The Morgan fingerprint density at radius 3 is 0.833 bits per heavy atom. The van der Waals surface area contributed by atoms with E-state index in [-0.39, 0.29) is 129 Å². The SMILES string of the molecule is [AlH3].[Au].[Au].[Pt].[SnH4].[Ti]. The Morgan fingerprint density at radius 2 is 0.833 bits per heavy atom. The van der Waals surface area contributed by atoms with Crippen LogP contribution in [0.15, 0.2) is 0 Å². The first-order valence-corrected chi connectivity index (χ1v) is 0. The second-order valence-corrected chi connectivity index (χ2v) is 0. The van der Waals surface area contributed by atoms with Crippen LogP contribution in [0.25, 0.3) is 0 Å². The molecule has 0 heterocycles. The van der Waals surface area contributed by atoms with Crippen LogP contribution in [0.1, 0.15) is 0 Å². The summed E-state index contributed by atoms with van der Waals surface area (Å²) < 4.78 is 0. The molecule has 0 aromatic carbocycles. The molecule has 0 amide bonds. The molecule has 0 saturated carbocycles. The summed E-state index contributed by atoms with van der Waals surface area (Å²) in [6.07, 6.45) is 0. The summed E-state index contributed by atoms with van der Waals surface area (Å²) in [5, 5.41) is 0. The van der Waals surface area contributed by atoms with Crippen molar-refractivity contribution in [3.63, 3.8) is 0 Å². The first-order chi connectivity index (χ1) is 0. The van der Waals surface area contributed by atoms with Crippen LogP contribution in [0.4, 0.5) is 0 Å². The van der Waals surface area contributed by atoms with E-state index in [9.17, 15) is 0 Å². The quantitative estimate of drug-likeness (QED) is 0.236. The van der Waals surface area contributed by atoms with E-state index < -0.39 is 0 Å². The normalized spacial score (nSPS) is 0. The first-order valence-electron chi connectivity index (χ1n) is 0. The van der Waals surface area contributed by atoms with Gasteiger partial charge in [-0.05, 0) is 0 Å². The molecule has 0 saturated heterocycles. The fourth-order valence-corrected chi connectivity index (χ4v) is 0. The Morgan fingerprint density at radius 1 is 0.833 bits per heavy atom. The van der Waals surface area contributed by atoms with Crippen molar-refractivity contribution in [1.82, 2.24) is 0 Å². The number of rotatable bonds is 0. The molecule has 0 unspecified atom stereocenters. The van der Waals surface area contributed by atoms with Gasteiger partial charge >= 0.3 is 23.9 Å². The van der Waals surface area contributed by atoms with Gasteiger partial charge in [0.25, 0.3) is 0 Å². The molecule has 2 radical (unpaired) electrons. The van der Waals surface area contributed by atoms with Crippen LogP contribution < -0.4 is 0 Å². The van der Waals surface area contributed by atoms with Gasteiger partial charge in [0.05, 0.1) is 0 Å². The Balaban J connectivity index is 0. The Hall–Kier alpha value is 4.21. The van der Waals surface area contributed by atoms with Gasteiger partial charge in [0, 0.05) is 87.5 Å². The van der Waals surface area contributed by atoms with E-state index in [1.54, 1.807) is 0 Å². The molecule has 50 valence electrons. The van der Waals surface area contributed by atoms with E-state index in [1.807, 2.05) is 0 Å². The zero-order chi connectivity index (χ0) is 0. The van der Waals surface area contributed by atoms with Gasteiger partial charge in [0.1, 0.15) is 0 Å². The van der Waals surface area contributed by atoms with Crippen molar-refractivity contribution < 1.29 is 87.5 Å². The molecule has 0 rings (SSSR count). The predicted octanol–water partition coefficient (Wildman–Crippen LogP) is -2.65. The van der Waals surface area contributed by atoms with Crippen LogP contribution >= 0.6 is 0 Å². The molecule has 6 heavy (non-hydrogen) atoms. The Labute approximate surface area is 126 Å². The summed E-state index contributed by atoms with van der Waals surface area (Å²) >= 11 is 0. The summed E-state index contributed by atoms with van der Waals surface area (Å²) in [5.74, 6) is 0. The van der Waals surface area contributed by atoms with Crippen molar-refractivity contribution in [2.45, 2.75) is 0 Å². The third kappa shape index (κ3) is 24.1. The molecule has 0 N–H and O–H groups in total. The van der Waals surface area contributed by atoms with Gasteiger partial charge < -0.3 is 0 Å². The first kappa shape index (κ1) is 48.8. The maximum atomic E-state index is 0. The summed E-state index contributed by atoms with van der Waals surface area (Å²) in [6, 6.07) is 0. The van der Waals surface area contributed by atoms with Crippen molar-refractivity contribution in [2.24, 2.45) is 0 Å². The summed E-state index contributed by atoms with van der Waals surface area (Å²) in [6.45, 7) is 0. The zero-order valence-electron chi connectivity index (χ0n) is 1.42. The van der Waals surface area contributed by atoms with Gasteiger partial charge in [-0.25, -0.2) is 0 Å². The second-order valence-electron chi connectivity index (χ2n) is 0. The summed E-state index contributed by atoms with van der Waals surface area (Å²) in [4.78, 5) is 0. The second kappa shape index (κ2) is 35.0. The van der Waals surface area contributed by atoms with Crippen LogP contribution in [0, 0.1) is 0 Å². The minimum Gasteiger partial charge on any atom is 0 e. The third-order valence-electron chi connectivity index (χ3n) is 0. The van der Waals surface area contributed by atoms with Crippen LogP contribution in [0.3, 0.4) is 0 Å². The number of hydrogen-bond acceptors (Lipinski definition) is 0. The Bertz CT molecular complexity index is 13.5. The van der Waals surface area contributed by atoms with Gasteiger partial charge in [0.15, 0.2) is 17.4 Å². The summed E-state index contributed by atoms with van der Waals surface area (Å²) in [7, 11) is 0. The van der Waals surface area contributed by atoms with E-state index in [2.05, 4.69) is 0 Å². The molecule has 0 aromatic rings. The maximum absolute atomic E-state index is 0. The van der Waals surface area contributed by atoms with E-state index >= 15 is 0 Å². The van der Waals surface area contributed by atoms with Crippen LogP contribution in [-0.2, 0) is 87.5 Å². The fraction of sp³-hybridized carbons (Fsp3) is 0. The standard InChI is InChI=1S/Al.2Au.Pt.Sn.Ti.7H. The molecule has 0 aliphatic rings. The van der Waals surface area contributed by atoms with Crippen molar-refractivity contribution in [2.75, 3.05) is 0 Å². The Kier molecular flexibility index (Phi) is 285. The monoisotopic (exact) mass is 791 g/mol. The molecule has 0 bridgehead atoms. The topological polar surface area (TPSA) is 0 Å². The van der Waals surface area contributed by atoms with Crippen LogP contribution in [0.2, 0.25) is 0 Å². The molecule has 0 fully saturated rings. The molecule has 0 nitrogen and oxygen atoms in total. The maximum Gasteiger partial charge on any atom is 0 e. The molecule has 0 aliphatic heterocycles. The van der Waals surface area contributed by atoms with E-state index in [1.165, 1.54) is 0 Å². The average molecular weight is 790 g/mol. The fourth-order valence-electron chi connectivity index (χ4n) is 0. The smallest absolute Gasteiger partial charge is 0 e. The van der Waals surface area contributed by atoms with Gasteiger partial charge in [0.2, 0.25) is 0 Å². The molecule has 6 heteroatoms. The van der Waals surface area contributed by atoms with Gasteiger partial charge in [-0.1, -0.05) is 0 Å². The van der Waals surface area contributed by atoms with Gasteiger partial charge in [-0.3, -0.25) is 0 Å². The van der Waals surface area contributed by atoms with E-state index in [0.717, 1.165) is 0 Å². The molecule has 0 aliphatic carbocycles. The molecular weight excluding hydrogens is 783 g/mol. The van der Waals surface area contributed by atoms with E-state index in [4.69, 9.17) is 0 Å². The minimum atomic E-state index is 0. The van der Waals surface area contributed by atoms with Gasteiger partial charge in [-0.2, -0.15) is 0 Å². The minimum absolute atomic E-state index is 0. The van der Waals surface area contributed by atoms with Crippen molar-refractivity contribution >= 4 is 41.3 Å². The van der Waals surface area contributed by atoms with Crippen molar-refractivity contribution in [3.05, 3.63) is 0 Å². The zero-order valence-corrected chi connectivity index (χ0v) is 9.59. The molecule has 0 aromatic heterocycles. The molecular formula is H7AlAu2PtSnTi. The van der Waals surface area contributed by atoms with Crippen LogP contribution in [-0.4, -0.2) is 41.3 Å².